The van der Waals surface area contributed by atoms with E-state index in [1.165, 1.54) is 17.5 Å². The molecule has 2 heteroatoms. The van der Waals surface area contributed by atoms with Gasteiger partial charge in [0.15, 0.2) is 0 Å². The van der Waals surface area contributed by atoms with Crippen molar-refractivity contribution in [2.45, 2.75) is 57.9 Å². The van der Waals surface area contributed by atoms with E-state index in [0.717, 1.165) is 24.8 Å². The minimum Gasteiger partial charge on any atom is -0.349 e. The summed E-state index contributed by atoms with van der Waals surface area (Å²) in [6, 6.07) is 18.8. The molecule has 1 N–H and O–H groups in total. The van der Waals surface area contributed by atoms with Crippen LogP contribution in [-0.4, -0.2) is 11.9 Å². The van der Waals surface area contributed by atoms with Crippen molar-refractivity contribution in [2.75, 3.05) is 0 Å². The topological polar surface area (TPSA) is 29.1 Å². The van der Waals surface area contributed by atoms with Crippen molar-refractivity contribution < 1.29 is 4.79 Å². The van der Waals surface area contributed by atoms with Gasteiger partial charge in [0.25, 0.3) is 5.91 Å². The maximum Gasteiger partial charge on any atom is 0.251 e. The number of carbonyl (C=O) groups excluding carboxylic acids is 1. The number of hydrogen-bond acceptors (Lipinski definition) is 1. The monoisotopic (exact) mass is 347 g/mol. The lowest BCUT2D eigenvalue weighted by atomic mass is 9.49. The van der Waals surface area contributed by atoms with Crippen LogP contribution in [0.1, 0.15) is 61.5 Å². The van der Waals surface area contributed by atoms with Crippen LogP contribution < -0.4 is 5.32 Å². The maximum atomic E-state index is 12.7. The molecule has 2 aliphatic carbocycles. The largest absolute Gasteiger partial charge is 0.349 e. The molecule has 0 spiro atoms. The zero-order valence-corrected chi connectivity index (χ0v) is 16.1. The highest BCUT2D eigenvalue weighted by Crippen LogP contribution is 2.56. The average Bonchev–Trinajstić information content (AvgIpc) is 2.65. The molecule has 0 radical (unpaired) electrons. The van der Waals surface area contributed by atoms with Gasteiger partial charge in [0, 0.05) is 11.6 Å². The van der Waals surface area contributed by atoms with Crippen molar-refractivity contribution in [3.63, 3.8) is 0 Å². The molecule has 1 fully saturated rings. The lowest BCUT2D eigenvalue weighted by molar-refractivity contribution is 0.00821. The second-order valence-corrected chi connectivity index (χ2v) is 8.92. The van der Waals surface area contributed by atoms with Crippen molar-refractivity contribution in [3.8, 4) is 0 Å². The van der Waals surface area contributed by atoms with Crippen LogP contribution in [0, 0.1) is 11.3 Å². The molecule has 136 valence electrons. The Bertz CT molecular complexity index is 810. The molecular weight excluding hydrogens is 318 g/mol. The Morgan fingerprint density at radius 3 is 2.42 bits per heavy atom. The molecular formula is C24H29NO. The van der Waals surface area contributed by atoms with E-state index in [1.807, 2.05) is 30.3 Å². The van der Waals surface area contributed by atoms with Crippen molar-refractivity contribution in [1.29, 1.82) is 0 Å². The fourth-order valence-corrected chi connectivity index (χ4v) is 5.75. The number of nitrogens with one attached hydrogen (secondary N) is 1. The molecule has 0 aliphatic heterocycles. The van der Waals surface area contributed by atoms with Crippen molar-refractivity contribution >= 4 is 5.91 Å². The van der Waals surface area contributed by atoms with E-state index in [9.17, 15) is 4.79 Å². The number of amides is 1. The van der Waals surface area contributed by atoms with E-state index in [0.29, 0.717) is 5.92 Å². The van der Waals surface area contributed by atoms with Crippen LogP contribution in [0.4, 0.5) is 0 Å². The SMILES string of the molecule is CC1(C)[C@@H](NC(=O)c2ccccc2)CC[C@]2(C)c3ccccc3CC[C@@H]12. The van der Waals surface area contributed by atoms with Gasteiger partial charge in [0.1, 0.15) is 0 Å². The van der Waals surface area contributed by atoms with Gasteiger partial charge in [-0.1, -0.05) is 63.2 Å². The van der Waals surface area contributed by atoms with Crippen LogP contribution >= 0.6 is 0 Å². The first-order chi connectivity index (χ1) is 12.4. The standard InChI is InChI=1S/C24H29NO/c1-23(2)20-14-13-17-9-7-8-12-19(17)24(20,3)16-15-21(23)25-22(26)18-10-5-4-6-11-18/h4-12,20-21H,13-16H2,1-3H3,(H,25,26)/t20-,21-,24+/m0/s1. The number of aryl methyl sites for hydroxylation is 1. The second kappa shape index (κ2) is 6.26. The van der Waals surface area contributed by atoms with Crippen LogP contribution in [0.2, 0.25) is 0 Å². The first kappa shape index (κ1) is 17.3. The smallest absolute Gasteiger partial charge is 0.251 e. The third-order valence-electron chi connectivity index (χ3n) is 7.19. The molecule has 2 aromatic carbocycles. The van der Waals surface area contributed by atoms with Crippen LogP contribution in [0.3, 0.4) is 0 Å². The lowest BCUT2D eigenvalue weighted by Crippen LogP contribution is -2.58. The van der Waals surface area contributed by atoms with E-state index < -0.39 is 0 Å². The Balaban J connectivity index is 1.61. The van der Waals surface area contributed by atoms with Gasteiger partial charge in [0.05, 0.1) is 0 Å². The van der Waals surface area contributed by atoms with Crippen LogP contribution in [0.25, 0.3) is 0 Å². The Hall–Kier alpha value is -2.09. The van der Waals surface area contributed by atoms with Gasteiger partial charge in [-0.05, 0) is 65.7 Å². The summed E-state index contributed by atoms with van der Waals surface area (Å²) in [6.07, 6.45) is 4.53. The summed E-state index contributed by atoms with van der Waals surface area (Å²) >= 11 is 0. The van der Waals surface area contributed by atoms with E-state index in [2.05, 4.69) is 50.4 Å². The normalized spacial score (nSPS) is 29.3. The van der Waals surface area contributed by atoms with Gasteiger partial charge in [0.2, 0.25) is 0 Å². The number of rotatable bonds is 2. The molecule has 1 saturated carbocycles. The fourth-order valence-electron chi connectivity index (χ4n) is 5.75. The molecule has 1 amide bonds. The predicted molar refractivity (Wildman–Crippen MR) is 106 cm³/mol. The van der Waals surface area contributed by atoms with Crippen molar-refractivity contribution in [2.24, 2.45) is 11.3 Å². The molecule has 0 aromatic heterocycles. The average molecular weight is 348 g/mol. The minimum absolute atomic E-state index is 0.0588. The van der Waals surface area contributed by atoms with Gasteiger partial charge in [-0.15, -0.1) is 0 Å². The van der Waals surface area contributed by atoms with Gasteiger partial charge < -0.3 is 5.32 Å². The predicted octanol–water partition coefficient (Wildman–Crippen LogP) is 5.13. The van der Waals surface area contributed by atoms with E-state index in [1.54, 1.807) is 0 Å². The van der Waals surface area contributed by atoms with Gasteiger partial charge >= 0.3 is 0 Å². The Labute approximate surface area is 157 Å². The van der Waals surface area contributed by atoms with E-state index >= 15 is 0 Å². The summed E-state index contributed by atoms with van der Waals surface area (Å²) in [7, 11) is 0. The van der Waals surface area contributed by atoms with Crippen molar-refractivity contribution in [1.82, 2.24) is 5.32 Å². The minimum atomic E-state index is 0.0588. The molecule has 0 unspecified atom stereocenters. The first-order valence-corrected chi connectivity index (χ1v) is 9.87. The Kier molecular flexibility index (Phi) is 4.17. The molecule has 2 nitrogen and oxygen atoms in total. The third kappa shape index (κ3) is 2.67. The molecule has 0 heterocycles. The number of hydrogen-bond donors (Lipinski definition) is 1. The maximum absolute atomic E-state index is 12.7. The summed E-state index contributed by atoms with van der Waals surface area (Å²) in [6.45, 7) is 7.17. The number of fused-ring (bicyclic) bond motifs is 3. The number of carbonyl (C=O) groups is 1. The summed E-state index contributed by atoms with van der Waals surface area (Å²) in [5.74, 6) is 0.642. The molecule has 0 saturated heterocycles. The zero-order chi connectivity index (χ0) is 18.4. The molecule has 26 heavy (non-hydrogen) atoms. The highest BCUT2D eigenvalue weighted by atomic mass is 16.1. The summed E-state index contributed by atoms with van der Waals surface area (Å²) in [5, 5.41) is 3.36. The first-order valence-electron chi connectivity index (χ1n) is 9.87. The lowest BCUT2D eigenvalue weighted by Gasteiger charge is -2.57. The summed E-state index contributed by atoms with van der Waals surface area (Å²) in [5.41, 5.74) is 4.11. The Morgan fingerprint density at radius 1 is 0.962 bits per heavy atom. The molecule has 2 aliphatic rings. The van der Waals surface area contributed by atoms with Gasteiger partial charge in [-0.25, -0.2) is 0 Å². The number of benzene rings is 2. The van der Waals surface area contributed by atoms with E-state index in [-0.39, 0.29) is 22.8 Å². The highest BCUT2D eigenvalue weighted by Gasteiger charge is 2.53. The quantitative estimate of drug-likeness (QED) is 0.802. The van der Waals surface area contributed by atoms with Gasteiger partial charge in [-0.2, -0.15) is 0 Å². The molecule has 3 atom stereocenters. The molecule has 2 aromatic rings. The van der Waals surface area contributed by atoms with Crippen molar-refractivity contribution in [3.05, 3.63) is 71.3 Å². The van der Waals surface area contributed by atoms with Crippen LogP contribution in [-0.2, 0) is 11.8 Å². The summed E-state index contributed by atoms with van der Waals surface area (Å²) < 4.78 is 0. The highest BCUT2D eigenvalue weighted by molar-refractivity contribution is 5.94. The van der Waals surface area contributed by atoms with Crippen LogP contribution in [0.5, 0.6) is 0 Å². The third-order valence-corrected chi connectivity index (χ3v) is 7.19. The van der Waals surface area contributed by atoms with Crippen LogP contribution in [0.15, 0.2) is 54.6 Å². The molecule has 4 rings (SSSR count). The summed E-state index contributed by atoms with van der Waals surface area (Å²) in [4.78, 5) is 12.7. The van der Waals surface area contributed by atoms with E-state index in [4.69, 9.17) is 0 Å². The zero-order valence-electron chi connectivity index (χ0n) is 16.1. The molecule has 0 bridgehead atoms. The Morgan fingerprint density at radius 2 is 1.65 bits per heavy atom. The second-order valence-electron chi connectivity index (χ2n) is 8.92. The fraction of sp³-hybridized carbons (Fsp3) is 0.458. The van der Waals surface area contributed by atoms with Gasteiger partial charge in [-0.3, -0.25) is 4.79 Å².